The molecule has 0 aliphatic heterocycles. The van der Waals surface area contributed by atoms with Crippen molar-refractivity contribution >= 4 is 5.78 Å². The lowest BCUT2D eigenvalue weighted by atomic mass is 9.67. The van der Waals surface area contributed by atoms with Crippen LogP contribution in [0.1, 0.15) is 75.6 Å². The number of hydrogen-bond donors (Lipinski definition) is 0. The molecular weight excluding hydrogens is 316 g/mol. The molecule has 1 aliphatic rings. The molecule has 1 nitrogen and oxygen atoms in total. The van der Waals surface area contributed by atoms with Crippen molar-refractivity contribution in [1.29, 1.82) is 0 Å². The van der Waals surface area contributed by atoms with Gasteiger partial charge in [0.25, 0.3) is 0 Å². The quantitative estimate of drug-likeness (QED) is 0.270. The Balaban J connectivity index is 0. The minimum atomic E-state index is 0. The molecule has 0 bridgehead atoms. The smallest absolute Gasteiger partial charge is 0.155 e. The molecule has 3 unspecified atom stereocenters. The van der Waals surface area contributed by atoms with Gasteiger partial charge in [-0.1, -0.05) is 58.8 Å². The Hall–Kier alpha value is -1.59. The highest BCUT2D eigenvalue weighted by molar-refractivity contribution is 5.89. The van der Waals surface area contributed by atoms with E-state index in [4.69, 9.17) is 0 Å². The Bertz CT molecular complexity index is 565. The van der Waals surface area contributed by atoms with E-state index in [0.717, 1.165) is 28.9 Å². The highest BCUT2D eigenvalue weighted by Crippen LogP contribution is 2.40. The minimum absolute atomic E-state index is 0. The SMILES string of the molecule is C=C(C)/C(C)=C\C(C)=C=CC.C=CC(=O)CC(C)C1C(C)CCCC1C.[HH]. The Labute approximate surface area is 164 Å². The van der Waals surface area contributed by atoms with Crippen LogP contribution in [-0.4, -0.2) is 5.78 Å². The number of carbonyl (C=O) groups excluding carboxylic acids is 1. The maximum Gasteiger partial charge on any atom is 0.155 e. The number of allylic oxidation sites excluding steroid dienone is 5. The minimum Gasteiger partial charge on any atom is -0.295 e. The zero-order chi connectivity index (χ0) is 20.3. The topological polar surface area (TPSA) is 17.1 Å². The molecule has 148 valence electrons. The van der Waals surface area contributed by atoms with E-state index < -0.39 is 0 Å². The van der Waals surface area contributed by atoms with Gasteiger partial charge in [0.2, 0.25) is 0 Å². The van der Waals surface area contributed by atoms with E-state index in [1.165, 1.54) is 30.9 Å². The van der Waals surface area contributed by atoms with Crippen LogP contribution in [0.15, 0.2) is 53.8 Å². The molecule has 26 heavy (non-hydrogen) atoms. The van der Waals surface area contributed by atoms with Crippen molar-refractivity contribution in [3.8, 4) is 0 Å². The fourth-order valence-corrected chi connectivity index (χ4v) is 4.08. The van der Waals surface area contributed by atoms with Gasteiger partial charge in [0.15, 0.2) is 5.78 Å². The monoisotopic (exact) mass is 358 g/mol. The second-order valence-electron chi connectivity index (χ2n) is 8.04. The number of carbonyl (C=O) groups is 1. The van der Waals surface area contributed by atoms with Crippen molar-refractivity contribution in [3.05, 3.63) is 53.8 Å². The third-order valence-electron chi connectivity index (χ3n) is 5.52. The fraction of sp³-hybridized carbons (Fsp3) is 0.600. The van der Waals surface area contributed by atoms with Crippen LogP contribution in [0.3, 0.4) is 0 Å². The Morgan fingerprint density at radius 1 is 1.23 bits per heavy atom. The standard InChI is InChI=1S/C14H24O.C11H16.H2/c1-5-13(15)9-12(4)14-10(2)7-6-8-11(14)3;1-6-7-10(4)8-11(5)9(2)3;/h5,10-12,14H,1,6-9H2,2-4H3;6,8H,2H2,1,3-5H3;1H/b;11-8-;. The summed E-state index contributed by atoms with van der Waals surface area (Å²) in [4.78, 5) is 11.4. The summed E-state index contributed by atoms with van der Waals surface area (Å²) < 4.78 is 0. The first-order chi connectivity index (χ1) is 12.1. The number of rotatable bonds is 6. The zero-order valence-corrected chi connectivity index (χ0v) is 18.2. The van der Waals surface area contributed by atoms with Gasteiger partial charge in [-0.25, -0.2) is 0 Å². The van der Waals surface area contributed by atoms with Gasteiger partial charge in [-0.15, -0.1) is 5.73 Å². The van der Waals surface area contributed by atoms with Gasteiger partial charge in [0.1, 0.15) is 0 Å². The molecule has 0 saturated heterocycles. The third-order valence-corrected chi connectivity index (χ3v) is 5.52. The van der Waals surface area contributed by atoms with Crippen LogP contribution >= 0.6 is 0 Å². The van der Waals surface area contributed by atoms with Gasteiger partial charge in [-0.2, -0.15) is 0 Å². The highest BCUT2D eigenvalue weighted by atomic mass is 16.1. The Morgan fingerprint density at radius 3 is 2.19 bits per heavy atom. The summed E-state index contributed by atoms with van der Waals surface area (Å²) in [6.07, 6.45) is 10.2. The first-order valence-electron chi connectivity index (χ1n) is 10.0. The first kappa shape index (κ1) is 24.4. The molecule has 1 rings (SSSR count). The van der Waals surface area contributed by atoms with E-state index >= 15 is 0 Å². The maximum atomic E-state index is 11.4. The summed E-state index contributed by atoms with van der Waals surface area (Å²) in [5, 5.41) is 0. The van der Waals surface area contributed by atoms with E-state index in [9.17, 15) is 4.79 Å². The zero-order valence-electron chi connectivity index (χ0n) is 18.2. The summed E-state index contributed by atoms with van der Waals surface area (Å²) in [6.45, 7) is 22.4. The van der Waals surface area contributed by atoms with E-state index in [0.29, 0.717) is 12.3 Å². The van der Waals surface area contributed by atoms with Crippen LogP contribution in [0, 0.1) is 23.7 Å². The molecule has 0 aromatic rings. The van der Waals surface area contributed by atoms with Crippen LogP contribution in [0.25, 0.3) is 0 Å². The van der Waals surface area contributed by atoms with Crippen molar-refractivity contribution in [1.82, 2.24) is 0 Å². The molecule has 0 N–H and O–H groups in total. The molecule has 0 aromatic heterocycles. The highest BCUT2D eigenvalue weighted by Gasteiger charge is 2.32. The molecule has 0 amide bonds. The molecule has 1 aliphatic carbocycles. The van der Waals surface area contributed by atoms with Crippen LogP contribution in [0.5, 0.6) is 0 Å². The average molecular weight is 359 g/mol. The van der Waals surface area contributed by atoms with Crippen LogP contribution in [-0.2, 0) is 4.79 Å². The Morgan fingerprint density at radius 2 is 1.77 bits per heavy atom. The predicted molar refractivity (Wildman–Crippen MR) is 118 cm³/mol. The van der Waals surface area contributed by atoms with Crippen molar-refractivity contribution in [2.75, 3.05) is 0 Å². The third kappa shape index (κ3) is 9.20. The largest absolute Gasteiger partial charge is 0.295 e. The predicted octanol–water partition coefficient (Wildman–Crippen LogP) is 7.72. The maximum absolute atomic E-state index is 11.4. The van der Waals surface area contributed by atoms with Gasteiger partial charge in [-0.3, -0.25) is 4.79 Å². The number of hydrogen-bond acceptors (Lipinski definition) is 1. The molecule has 0 spiro atoms. The van der Waals surface area contributed by atoms with Gasteiger partial charge in [-0.05, 0) is 80.7 Å². The second-order valence-corrected chi connectivity index (χ2v) is 8.04. The molecule has 0 radical (unpaired) electrons. The summed E-state index contributed by atoms with van der Waals surface area (Å²) in [5.41, 5.74) is 6.58. The fourth-order valence-electron chi connectivity index (χ4n) is 4.08. The lowest BCUT2D eigenvalue weighted by molar-refractivity contribution is -0.116. The summed E-state index contributed by atoms with van der Waals surface area (Å²) in [5.74, 6) is 3.00. The normalized spacial score (nSPS) is 23.7. The summed E-state index contributed by atoms with van der Waals surface area (Å²) in [7, 11) is 0. The van der Waals surface area contributed by atoms with Crippen LogP contribution in [0.2, 0.25) is 0 Å². The van der Waals surface area contributed by atoms with Gasteiger partial charge < -0.3 is 0 Å². The van der Waals surface area contributed by atoms with Crippen LogP contribution in [0.4, 0.5) is 0 Å². The number of ketones is 1. The molecular formula is C25H42O. The molecule has 1 saturated carbocycles. The van der Waals surface area contributed by atoms with Crippen molar-refractivity contribution in [2.24, 2.45) is 23.7 Å². The Kier molecular flexibility index (Phi) is 11.9. The molecule has 0 heterocycles. The van der Waals surface area contributed by atoms with Crippen molar-refractivity contribution < 1.29 is 6.22 Å². The molecule has 0 aromatic carbocycles. The summed E-state index contributed by atoms with van der Waals surface area (Å²) in [6, 6.07) is 0. The molecule has 1 heteroatoms. The molecule has 1 fully saturated rings. The first-order valence-corrected chi connectivity index (χ1v) is 10.0. The lowest BCUT2D eigenvalue weighted by Crippen LogP contribution is -2.31. The summed E-state index contributed by atoms with van der Waals surface area (Å²) >= 11 is 0. The van der Waals surface area contributed by atoms with Gasteiger partial charge >= 0.3 is 0 Å². The van der Waals surface area contributed by atoms with Crippen molar-refractivity contribution in [2.45, 2.75) is 74.1 Å². The van der Waals surface area contributed by atoms with E-state index in [2.05, 4.69) is 52.7 Å². The van der Waals surface area contributed by atoms with E-state index in [-0.39, 0.29) is 7.21 Å². The van der Waals surface area contributed by atoms with Crippen molar-refractivity contribution in [3.63, 3.8) is 0 Å². The van der Waals surface area contributed by atoms with E-state index in [1.54, 1.807) is 0 Å². The van der Waals surface area contributed by atoms with Crippen LogP contribution < -0.4 is 0 Å². The van der Waals surface area contributed by atoms with Gasteiger partial charge in [0, 0.05) is 7.85 Å². The van der Waals surface area contributed by atoms with Gasteiger partial charge in [0.05, 0.1) is 0 Å². The second kappa shape index (κ2) is 12.7. The lowest BCUT2D eigenvalue weighted by Gasteiger charge is -2.38. The average Bonchev–Trinajstić information content (AvgIpc) is 2.55. The molecule has 3 atom stereocenters. The van der Waals surface area contributed by atoms with E-state index in [1.807, 2.05) is 26.8 Å².